The molecule has 5 heteroatoms. The molecule has 0 bridgehead atoms. The van der Waals surface area contributed by atoms with E-state index in [1.165, 1.54) is 32.1 Å². The molecule has 180 valence electrons. The van der Waals surface area contributed by atoms with E-state index in [1.807, 2.05) is 49.5 Å². The summed E-state index contributed by atoms with van der Waals surface area (Å²) < 4.78 is 11.4. The largest absolute Gasteiger partial charge is 0.385 e. The zero-order valence-electron chi connectivity index (χ0n) is 20.2. The topological polar surface area (TPSA) is 59.6 Å². The van der Waals surface area contributed by atoms with Gasteiger partial charge in [0.2, 0.25) is 0 Å². The first-order valence-corrected chi connectivity index (χ1v) is 12.4. The summed E-state index contributed by atoms with van der Waals surface area (Å²) in [4.78, 5) is 13.2. The highest BCUT2D eigenvalue weighted by molar-refractivity contribution is 5.94. The summed E-state index contributed by atoms with van der Waals surface area (Å²) in [5.41, 5.74) is 2.75. The number of amides is 1. The molecule has 0 saturated heterocycles. The van der Waals surface area contributed by atoms with Gasteiger partial charge in [-0.05, 0) is 49.1 Å². The predicted octanol–water partition coefficient (Wildman–Crippen LogP) is 5.12. The fourth-order valence-corrected chi connectivity index (χ4v) is 4.79. The van der Waals surface area contributed by atoms with Gasteiger partial charge in [0.25, 0.3) is 5.91 Å². The van der Waals surface area contributed by atoms with Crippen LogP contribution in [0.1, 0.15) is 72.5 Å². The molecule has 1 amide bonds. The zero-order valence-corrected chi connectivity index (χ0v) is 20.2. The summed E-state index contributed by atoms with van der Waals surface area (Å²) in [7, 11) is 3.65. The minimum Gasteiger partial charge on any atom is -0.385 e. The number of carbonyl (C=O) groups excluding carboxylic acids is 1. The Morgan fingerprint density at radius 1 is 1.00 bits per heavy atom. The van der Waals surface area contributed by atoms with E-state index in [1.54, 1.807) is 7.11 Å². The van der Waals surface area contributed by atoms with E-state index < -0.39 is 0 Å². The Morgan fingerprint density at radius 3 is 2.48 bits per heavy atom. The molecule has 1 fully saturated rings. The van der Waals surface area contributed by atoms with Crippen LogP contribution in [0, 0.1) is 5.92 Å². The van der Waals surface area contributed by atoms with Crippen LogP contribution < -0.4 is 10.6 Å². The Bertz CT molecular complexity index is 821. The lowest BCUT2D eigenvalue weighted by atomic mass is 9.84. The Hall–Kier alpha value is -2.21. The number of nitrogens with one attached hydrogen (secondary N) is 2. The van der Waals surface area contributed by atoms with Gasteiger partial charge in [0.1, 0.15) is 6.10 Å². The van der Waals surface area contributed by atoms with Crippen molar-refractivity contribution in [2.24, 2.45) is 5.92 Å². The van der Waals surface area contributed by atoms with Gasteiger partial charge in [-0.1, -0.05) is 74.6 Å². The third-order valence-corrected chi connectivity index (χ3v) is 6.46. The molecule has 2 atom stereocenters. The van der Waals surface area contributed by atoms with Gasteiger partial charge in [0.05, 0.1) is 6.61 Å². The first-order chi connectivity index (χ1) is 16.2. The van der Waals surface area contributed by atoms with Crippen molar-refractivity contribution in [3.8, 4) is 0 Å². The maximum Gasteiger partial charge on any atom is 0.251 e. The average molecular weight is 453 g/mol. The molecule has 0 aromatic heterocycles. The summed E-state index contributed by atoms with van der Waals surface area (Å²) in [5, 5.41) is 6.54. The van der Waals surface area contributed by atoms with Crippen LogP contribution in [-0.4, -0.2) is 45.9 Å². The zero-order chi connectivity index (χ0) is 23.3. The monoisotopic (exact) mass is 452 g/mol. The Kier molecular flexibility index (Phi) is 10.9. The number of methoxy groups -OCH3 is 1. The fourth-order valence-electron chi connectivity index (χ4n) is 4.79. The average Bonchev–Trinajstić information content (AvgIpc) is 2.85. The van der Waals surface area contributed by atoms with E-state index in [-0.39, 0.29) is 18.1 Å². The van der Waals surface area contributed by atoms with Gasteiger partial charge in [-0.25, -0.2) is 0 Å². The van der Waals surface area contributed by atoms with Crippen molar-refractivity contribution in [3.63, 3.8) is 0 Å². The highest BCUT2D eigenvalue weighted by Crippen LogP contribution is 2.28. The van der Waals surface area contributed by atoms with Crippen molar-refractivity contribution in [1.82, 2.24) is 10.6 Å². The molecule has 2 N–H and O–H groups in total. The van der Waals surface area contributed by atoms with Gasteiger partial charge < -0.3 is 20.1 Å². The molecule has 1 saturated carbocycles. The summed E-state index contributed by atoms with van der Waals surface area (Å²) in [6.07, 6.45) is 8.20. The van der Waals surface area contributed by atoms with E-state index in [0.29, 0.717) is 24.7 Å². The highest BCUT2D eigenvalue weighted by atomic mass is 16.5. The predicted molar refractivity (Wildman–Crippen MR) is 134 cm³/mol. The number of hydrogen-bond acceptors (Lipinski definition) is 4. The van der Waals surface area contributed by atoms with Gasteiger partial charge >= 0.3 is 0 Å². The maximum absolute atomic E-state index is 13.2. The number of hydrogen-bond donors (Lipinski definition) is 2. The lowest BCUT2D eigenvalue weighted by molar-refractivity contribution is 0.0616. The third kappa shape index (κ3) is 8.26. The van der Waals surface area contributed by atoms with Crippen LogP contribution in [-0.2, 0) is 9.47 Å². The molecular weight excluding hydrogens is 412 g/mol. The number of likely N-dealkylation sites (N-methyl/N-ethyl adjacent to an activating group) is 1. The number of carbonyl (C=O) groups is 1. The molecule has 1 aliphatic rings. The lowest BCUT2D eigenvalue weighted by Gasteiger charge is -2.27. The maximum atomic E-state index is 13.2. The summed E-state index contributed by atoms with van der Waals surface area (Å²) in [6.45, 7) is 2.05. The molecular formula is C28H40N2O3. The molecule has 2 unspecified atom stereocenters. The minimum absolute atomic E-state index is 0.0147. The smallest absolute Gasteiger partial charge is 0.251 e. The van der Waals surface area contributed by atoms with Gasteiger partial charge in [-0.15, -0.1) is 0 Å². The second-order valence-electron chi connectivity index (χ2n) is 9.10. The minimum atomic E-state index is -0.217. The number of ether oxygens (including phenoxy) is 2. The molecule has 0 spiro atoms. The number of benzene rings is 2. The Balaban J connectivity index is 1.71. The van der Waals surface area contributed by atoms with Crippen LogP contribution in [0.15, 0.2) is 54.6 Å². The normalized spacial score (nSPS) is 16.3. The Labute approximate surface area is 199 Å². The van der Waals surface area contributed by atoms with E-state index >= 15 is 0 Å². The Morgan fingerprint density at radius 2 is 1.76 bits per heavy atom. The van der Waals surface area contributed by atoms with Gasteiger partial charge in [0, 0.05) is 31.9 Å². The van der Waals surface area contributed by atoms with Crippen LogP contribution in [0.25, 0.3) is 0 Å². The second kappa shape index (κ2) is 14.1. The van der Waals surface area contributed by atoms with Gasteiger partial charge in [0.15, 0.2) is 0 Å². The molecule has 0 aliphatic heterocycles. The van der Waals surface area contributed by atoms with Crippen molar-refractivity contribution >= 4 is 5.91 Å². The first kappa shape index (κ1) is 25.4. The highest BCUT2D eigenvalue weighted by Gasteiger charge is 2.22. The molecule has 2 aromatic rings. The quantitative estimate of drug-likeness (QED) is 0.414. The van der Waals surface area contributed by atoms with Crippen LogP contribution in [0.3, 0.4) is 0 Å². The van der Waals surface area contributed by atoms with E-state index in [9.17, 15) is 4.79 Å². The molecule has 1 aliphatic carbocycles. The molecule has 0 heterocycles. The molecule has 0 radical (unpaired) electrons. The fraction of sp³-hybridized carbons (Fsp3) is 0.536. The van der Waals surface area contributed by atoms with Crippen LogP contribution in [0.5, 0.6) is 0 Å². The van der Waals surface area contributed by atoms with Gasteiger partial charge in [-0.2, -0.15) is 0 Å². The standard InChI is InChI=1S/C28H40N2O3/c1-29-21-26(19-22-11-5-3-6-12-22)30-28(31)25-16-9-15-24(20-25)27(33-18-10-17-32-2)23-13-7-4-8-14-23/h4,7-9,13-16,20,22,26-27,29H,3,5-6,10-12,17-19,21H2,1-2H3,(H,30,31). The van der Waals surface area contributed by atoms with E-state index in [2.05, 4.69) is 22.8 Å². The van der Waals surface area contributed by atoms with Crippen molar-refractivity contribution in [2.75, 3.05) is 33.9 Å². The number of rotatable bonds is 13. The molecule has 3 rings (SSSR count). The van der Waals surface area contributed by atoms with Crippen LogP contribution in [0.2, 0.25) is 0 Å². The van der Waals surface area contributed by atoms with Crippen molar-refractivity contribution in [3.05, 3.63) is 71.3 Å². The van der Waals surface area contributed by atoms with Crippen molar-refractivity contribution in [1.29, 1.82) is 0 Å². The van der Waals surface area contributed by atoms with Crippen LogP contribution in [0.4, 0.5) is 0 Å². The summed E-state index contributed by atoms with van der Waals surface area (Å²) >= 11 is 0. The lowest BCUT2D eigenvalue weighted by Crippen LogP contribution is -2.42. The molecule has 33 heavy (non-hydrogen) atoms. The van der Waals surface area contributed by atoms with Crippen LogP contribution >= 0.6 is 0 Å². The first-order valence-electron chi connectivity index (χ1n) is 12.4. The summed E-state index contributed by atoms with van der Waals surface area (Å²) in [6, 6.07) is 18.2. The van der Waals surface area contributed by atoms with E-state index in [4.69, 9.17) is 9.47 Å². The second-order valence-corrected chi connectivity index (χ2v) is 9.10. The van der Waals surface area contributed by atoms with E-state index in [0.717, 1.165) is 30.5 Å². The summed E-state index contributed by atoms with van der Waals surface area (Å²) in [5.74, 6) is 0.700. The third-order valence-electron chi connectivity index (χ3n) is 6.46. The SMILES string of the molecule is CNCC(CC1CCCCC1)NC(=O)c1cccc(C(OCCCOC)c2ccccc2)c1. The molecule has 5 nitrogen and oxygen atoms in total. The van der Waals surface area contributed by atoms with Crippen molar-refractivity contribution < 1.29 is 14.3 Å². The van der Waals surface area contributed by atoms with Gasteiger partial charge in [-0.3, -0.25) is 4.79 Å². The molecule has 2 aromatic carbocycles. The van der Waals surface area contributed by atoms with Crippen molar-refractivity contribution in [2.45, 2.75) is 57.1 Å².